The molecule has 0 rings (SSSR count). The molecule has 0 saturated heterocycles. The summed E-state index contributed by atoms with van der Waals surface area (Å²) < 4.78 is 21.4. The molecule has 0 aliphatic carbocycles. The van der Waals surface area contributed by atoms with Crippen LogP contribution in [0.25, 0.3) is 0 Å². The second kappa shape index (κ2) is 13.0. The number of hydrogen-bond acceptors (Lipinski definition) is 5. The monoisotopic (exact) mass is 334 g/mol. The maximum absolute atomic E-state index is 11.5. The molecule has 1 unspecified atom stereocenters. The Morgan fingerprint density at radius 2 is 1.41 bits per heavy atom. The zero-order valence-corrected chi connectivity index (χ0v) is 16.0. The molecule has 0 aliphatic heterocycles. The highest BCUT2D eigenvalue weighted by molar-refractivity contribution is 6.60. The number of rotatable bonds is 14. The van der Waals surface area contributed by atoms with Crippen LogP contribution >= 0.6 is 0 Å². The van der Waals surface area contributed by atoms with E-state index >= 15 is 0 Å². The van der Waals surface area contributed by atoms with Crippen molar-refractivity contribution in [2.24, 2.45) is 5.92 Å². The van der Waals surface area contributed by atoms with Crippen LogP contribution in [0.15, 0.2) is 0 Å². The minimum absolute atomic E-state index is 0.0202. The summed E-state index contributed by atoms with van der Waals surface area (Å²) in [6.45, 7) is 4.46. The van der Waals surface area contributed by atoms with Gasteiger partial charge in [-0.1, -0.05) is 39.5 Å². The van der Waals surface area contributed by atoms with Gasteiger partial charge >= 0.3 is 14.8 Å². The number of esters is 1. The van der Waals surface area contributed by atoms with Crippen molar-refractivity contribution in [2.75, 3.05) is 27.9 Å². The van der Waals surface area contributed by atoms with Crippen LogP contribution in [0.2, 0.25) is 6.04 Å². The van der Waals surface area contributed by atoms with Gasteiger partial charge in [0.15, 0.2) is 0 Å². The summed E-state index contributed by atoms with van der Waals surface area (Å²) in [5.41, 5.74) is 0. The average molecular weight is 335 g/mol. The highest BCUT2D eigenvalue weighted by atomic mass is 28.4. The van der Waals surface area contributed by atoms with Crippen molar-refractivity contribution in [3.8, 4) is 0 Å². The van der Waals surface area contributed by atoms with Gasteiger partial charge in [0.05, 0.1) is 12.5 Å². The normalized spacial score (nSPS) is 13.1. The third kappa shape index (κ3) is 8.88. The highest BCUT2D eigenvalue weighted by Crippen LogP contribution is 2.18. The molecule has 0 radical (unpaired) electrons. The number of unbranched alkanes of at least 4 members (excludes halogenated alkanes) is 5. The SMILES string of the molecule is CCC(C)C(=O)OCCCCCCCC[Si](OC)(OC)OC. The van der Waals surface area contributed by atoms with Gasteiger partial charge in [0, 0.05) is 27.4 Å². The van der Waals surface area contributed by atoms with Gasteiger partial charge < -0.3 is 18.0 Å². The summed E-state index contributed by atoms with van der Waals surface area (Å²) in [4.78, 5) is 11.5. The zero-order valence-electron chi connectivity index (χ0n) is 15.0. The first-order chi connectivity index (χ1) is 10.5. The standard InChI is InChI=1S/C16H34O5Si/c1-6-15(2)16(17)21-13-11-9-7-8-10-12-14-22(18-3,19-4)20-5/h15H,6-14H2,1-5H3. The summed E-state index contributed by atoms with van der Waals surface area (Å²) in [7, 11) is 2.57. The molecular formula is C16H34O5Si. The van der Waals surface area contributed by atoms with E-state index in [2.05, 4.69) is 0 Å². The number of carbonyl (C=O) groups is 1. The van der Waals surface area contributed by atoms with Crippen LogP contribution in [-0.2, 0) is 22.8 Å². The Bertz CT molecular complexity index is 273. The fraction of sp³-hybridized carbons (Fsp3) is 0.938. The Labute approximate surface area is 137 Å². The Hall–Kier alpha value is -0.433. The van der Waals surface area contributed by atoms with Crippen LogP contribution in [0.5, 0.6) is 0 Å². The molecule has 0 aliphatic rings. The second-order valence-corrected chi connectivity index (χ2v) is 8.73. The van der Waals surface area contributed by atoms with E-state index in [4.69, 9.17) is 18.0 Å². The van der Waals surface area contributed by atoms with Crippen molar-refractivity contribution in [2.45, 2.75) is 64.8 Å². The topological polar surface area (TPSA) is 54.0 Å². The average Bonchev–Trinajstić information content (AvgIpc) is 2.56. The molecule has 5 nitrogen and oxygen atoms in total. The van der Waals surface area contributed by atoms with E-state index in [9.17, 15) is 4.79 Å². The fourth-order valence-corrected chi connectivity index (χ4v) is 3.98. The first kappa shape index (κ1) is 21.6. The lowest BCUT2D eigenvalue weighted by atomic mass is 10.1. The fourth-order valence-electron chi connectivity index (χ4n) is 2.19. The quantitative estimate of drug-likeness (QED) is 0.275. The van der Waals surface area contributed by atoms with Gasteiger partial charge in [0.25, 0.3) is 0 Å². The number of carbonyl (C=O) groups excluding carboxylic acids is 1. The van der Waals surface area contributed by atoms with Crippen LogP contribution < -0.4 is 0 Å². The molecule has 0 heterocycles. The summed E-state index contributed by atoms with van der Waals surface area (Å²) in [6, 6.07) is 0.864. The van der Waals surface area contributed by atoms with E-state index < -0.39 is 8.80 Å². The van der Waals surface area contributed by atoms with Crippen LogP contribution in [-0.4, -0.2) is 42.7 Å². The van der Waals surface area contributed by atoms with E-state index in [1.165, 1.54) is 12.8 Å². The molecule has 6 heteroatoms. The zero-order chi connectivity index (χ0) is 16.8. The largest absolute Gasteiger partial charge is 0.500 e. The predicted octanol–water partition coefficient (Wildman–Crippen LogP) is 3.79. The molecule has 22 heavy (non-hydrogen) atoms. The molecule has 0 N–H and O–H groups in total. The molecule has 0 fully saturated rings. The first-order valence-corrected chi connectivity index (χ1v) is 10.3. The van der Waals surface area contributed by atoms with Crippen LogP contribution in [0, 0.1) is 5.92 Å². The van der Waals surface area contributed by atoms with E-state index in [-0.39, 0.29) is 11.9 Å². The lowest BCUT2D eigenvalue weighted by Crippen LogP contribution is -2.42. The molecule has 0 saturated carbocycles. The van der Waals surface area contributed by atoms with Crippen molar-refractivity contribution < 1.29 is 22.8 Å². The molecule has 0 amide bonds. The van der Waals surface area contributed by atoms with E-state index in [1.54, 1.807) is 21.3 Å². The van der Waals surface area contributed by atoms with Crippen LogP contribution in [0.4, 0.5) is 0 Å². The molecule has 1 atom stereocenters. The van der Waals surface area contributed by atoms with Gasteiger partial charge in [-0.2, -0.15) is 0 Å². The third-order valence-corrected chi connectivity index (χ3v) is 6.90. The molecule has 0 spiro atoms. The Morgan fingerprint density at radius 3 is 1.91 bits per heavy atom. The molecular weight excluding hydrogens is 300 g/mol. The lowest BCUT2D eigenvalue weighted by Gasteiger charge is -2.24. The molecule has 0 bridgehead atoms. The Balaban J connectivity index is 3.49. The minimum Gasteiger partial charge on any atom is -0.465 e. The summed E-state index contributed by atoms with van der Waals surface area (Å²) in [6.07, 6.45) is 7.46. The van der Waals surface area contributed by atoms with E-state index in [0.717, 1.165) is 38.1 Å². The second-order valence-electron chi connectivity index (χ2n) is 5.64. The van der Waals surface area contributed by atoms with Gasteiger partial charge in [0.1, 0.15) is 0 Å². The van der Waals surface area contributed by atoms with Gasteiger partial charge in [-0.3, -0.25) is 4.79 Å². The maximum atomic E-state index is 11.5. The molecule has 0 aromatic carbocycles. The van der Waals surface area contributed by atoms with Gasteiger partial charge in [-0.05, 0) is 19.3 Å². The molecule has 132 valence electrons. The smallest absolute Gasteiger partial charge is 0.465 e. The van der Waals surface area contributed by atoms with Crippen LogP contribution in [0.3, 0.4) is 0 Å². The van der Waals surface area contributed by atoms with E-state index in [1.807, 2.05) is 13.8 Å². The van der Waals surface area contributed by atoms with Gasteiger partial charge in [-0.15, -0.1) is 0 Å². The lowest BCUT2D eigenvalue weighted by molar-refractivity contribution is -0.148. The van der Waals surface area contributed by atoms with Crippen molar-refractivity contribution in [1.29, 1.82) is 0 Å². The molecule has 0 aromatic rings. The molecule has 0 aromatic heterocycles. The van der Waals surface area contributed by atoms with Crippen molar-refractivity contribution in [1.82, 2.24) is 0 Å². The summed E-state index contributed by atoms with van der Waals surface area (Å²) in [5.74, 6) is -0.0470. The third-order valence-electron chi connectivity index (χ3n) is 4.07. The van der Waals surface area contributed by atoms with Gasteiger partial charge in [0.2, 0.25) is 0 Å². The Kier molecular flexibility index (Phi) is 12.8. The number of ether oxygens (including phenoxy) is 1. The highest BCUT2D eigenvalue weighted by Gasteiger charge is 2.36. The van der Waals surface area contributed by atoms with E-state index in [0.29, 0.717) is 6.61 Å². The van der Waals surface area contributed by atoms with Crippen molar-refractivity contribution in [3.05, 3.63) is 0 Å². The van der Waals surface area contributed by atoms with Crippen molar-refractivity contribution >= 4 is 14.8 Å². The first-order valence-electron chi connectivity index (χ1n) is 8.37. The number of hydrogen-bond donors (Lipinski definition) is 0. The van der Waals surface area contributed by atoms with Gasteiger partial charge in [-0.25, -0.2) is 0 Å². The summed E-state index contributed by atoms with van der Waals surface area (Å²) >= 11 is 0. The predicted molar refractivity (Wildman–Crippen MR) is 89.7 cm³/mol. The Morgan fingerprint density at radius 1 is 0.909 bits per heavy atom. The minimum atomic E-state index is -2.38. The summed E-state index contributed by atoms with van der Waals surface area (Å²) in [5, 5.41) is 0. The van der Waals surface area contributed by atoms with Crippen molar-refractivity contribution in [3.63, 3.8) is 0 Å². The van der Waals surface area contributed by atoms with Crippen LogP contribution in [0.1, 0.15) is 58.8 Å². The maximum Gasteiger partial charge on any atom is 0.500 e.